The van der Waals surface area contributed by atoms with E-state index in [2.05, 4.69) is 0 Å². The maximum absolute atomic E-state index is 12.0. The van der Waals surface area contributed by atoms with E-state index in [1.165, 1.54) is 11.0 Å². The molecular formula is C13H15NO5S. The first kappa shape index (κ1) is 14.5. The quantitative estimate of drug-likeness (QED) is 0.883. The maximum atomic E-state index is 12.0. The first-order chi connectivity index (χ1) is 9.28. The Morgan fingerprint density at radius 2 is 2.05 bits per heavy atom. The minimum absolute atomic E-state index is 0.0566. The number of aromatic carboxylic acids is 1. The van der Waals surface area contributed by atoms with Gasteiger partial charge in [-0.1, -0.05) is 0 Å². The molecule has 1 aliphatic rings. The first-order valence-corrected chi connectivity index (χ1v) is 8.18. The molecule has 1 amide bonds. The average molecular weight is 297 g/mol. The third-order valence-electron chi connectivity index (χ3n) is 3.21. The van der Waals surface area contributed by atoms with E-state index in [0.717, 1.165) is 11.8 Å². The van der Waals surface area contributed by atoms with Gasteiger partial charge in [0.1, 0.15) is 9.84 Å². The molecule has 0 spiro atoms. The smallest absolute Gasteiger partial charge is 0.335 e. The fourth-order valence-electron chi connectivity index (χ4n) is 2.20. The zero-order valence-corrected chi connectivity index (χ0v) is 11.8. The Hall–Kier alpha value is -1.89. The molecule has 1 aliphatic heterocycles. The van der Waals surface area contributed by atoms with Gasteiger partial charge in [0, 0.05) is 24.9 Å². The molecule has 2 rings (SSSR count). The first-order valence-electron chi connectivity index (χ1n) is 6.12. The number of nitrogens with zero attached hydrogens (tertiary/aromatic N) is 1. The van der Waals surface area contributed by atoms with Gasteiger partial charge in [0.2, 0.25) is 5.91 Å². The molecule has 20 heavy (non-hydrogen) atoms. The highest BCUT2D eigenvalue weighted by Gasteiger charge is 2.25. The van der Waals surface area contributed by atoms with E-state index in [-0.39, 0.29) is 23.6 Å². The van der Waals surface area contributed by atoms with Crippen LogP contribution in [-0.2, 0) is 21.1 Å². The lowest BCUT2D eigenvalue weighted by atomic mass is 10.1. The number of rotatable bonds is 4. The number of benzene rings is 1. The van der Waals surface area contributed by atoms with Crippen molar-refractivity contribution in [2.45, 2.75) is 12.8 Å². The van der Waals surface area contributed by atoms with Crippen molar-refractivity contribution < 1.29 is 23.1 Å². The molecule has 0 radical (unpaired) electrons. The van der Waals surface area contributed by atoms with E-state index >= 15 is 0 Å². The van der Waals surface area contributed by atoms with Gasteiger partial charge >= 0.3 is 5.97 Å². The summed E-state index contributed by atoms with van der Waals surface area (Å²) >= 11 is 0. The van der Waals surface area contributed by atoms with Crippen LogP contribution in [0.5, 0.6) is 0 Å². The summed E-state index contributed by atoms with van der Waals surface area (Å²) < 4.78 is 22.2. The monoisotopic (exact) mass is 297 g/mol. The van der Waals surface area contributed by atoms with Gasteiger partial charge in [0.25, 0.3) is 0 Å². The number of fused-ring (bicyclic) bond motifs is 1. The lowest BCUT2D eigenvalue weighted by Crippen LogP contribution is -2.30. The van der Waals surface area contributed by atoms with Crippen molar-refractivity contribution in [3.05, 3.63) is 29.3 Å². The predicted molar refractivity (Wildman–Crippen MR) is 73.8 cm³/mol. The van der Waals surface area contributed by atoms with Crippen LogP contribution in [0.1, 0.15) is 22.3 Å². The van der Waals surface area contributed by atoms with Gasteiger partial charge in [-0.15, -0.1) is 0 Å². The molecule has 0 bridgehead atoms. The Labute approximate surface area is 116 Å². The average Bonchev–Trinajstić information content (AvgIpc) is 2.77. The molecule has 0 saturated carbocycles. The highest BCUT2D eigenvalue weighted by Crippen LogP contribution is 2.29. The predicted octanol–water partition coefficient (Wildman–Crippen LogP) is 0.709. The summed E-state index contributed by atoms with van der Waals surface area (Å²) in [6.07, 6.45) is 1.62. The van der Waals surface area contributed by atoms with Crippen molar-refractivity contribution in [1.82, 2.24) is 0 Å². The molecule has 0 atom stereocenters. The number of sulfone groups is 1. The Morgan fingerprint density at radius 3 is 2.65 bits per heavy atom. The van der Waals surface area contributed by atoms with E-state index in [0.29, 0.717) is 18.7 Å². The standard InChI is InChI=1S/C13H15NO5S/c1-20(18,19)7-5-12(15)14-6-4-9-8-10(13(16)17)2-3-11(9)14/h2-3,8H,4-7H2,1H3,(H,16,17). The Bertz CT molecular complexity index is 665. The Kier molecular flexibility index (Phi) is 3.80. The van der Waals surface area contributed by atoms with Crippen molar-refractivity contribution in [2.24, 2.45) is 0 Å². The second kappa shape index (κ2) is 5.24. The van der Waals surface area contributed by atoms with E-state index in [1.807, 2.05) is 0 Å². The third kappa shape index (κ3) is 3.16. The van der Waals surface area contributed by atoms with Crippen LogP contribution in [0.15, 0.2) is 18.2 Å². The van der Waals surface area contributed by atoms with E-state index in [4.69, 9.17) is 5.11 Å². The molecule has 1 aromatic rings. The number of anilines is 1. The molecular weight excluding hydrogens is 282 g/mol. The lowest BCUT2D eigenvalue weighted by Gasteiger charge is -2.17. The van der Waals surface area contributed by atoms with Crippen LogP contribution < -0.4 is 4.90 Å². The van der Waals surface area contributed by atoms with Crippen molar-refractivity contribution in [2.75, 3.05) is 23.5 Å². The second-order valence-electron chi connectivity index (χ2n) is 4.82. The van der Waals surface area contributed by atoms with Gasteiger partial charge in [-0.25, -0.2) is 13.2 Å². The van der Waals surface area contributed by atoms with Crippen LogP contribution >= 0.6 is 0 Å². The molecule has 0 aromatic heterocycles. The van der Waals surface area contributed by atoms with Crippen LogP contribution in [0.25, 0.3) is 0 Å². The Morgan fingerprint density at radius 1 is 1.35 bits per heavy atom. The van der Waals surface area contributed by atoms with Crippen molar-refractivity contribution in [1.29, 1.82) is 0 Å². The number of carboxylic acids is 1. The van der Waals surface area contributed by atoms with E-state index < -0.39 is 15.8 Å². The highest BCUT2D eigenvalue weighted by atomic mass is 32.2. The summed E-state index contributed by atoms with van der Waals surface area (Å²) in [6, 6.07) is 4.61. The maximum Gasteiger partial charge on any atom is 0.335 e. The van der Waals surface area contributed by atoms with E-state index in [1.54, 1.807) is 12.1 Å². The fraction of sp³-hybridized carbons (Fsp3) is 0.385. The zero-order chi connectivity index (χ0) is 14.9. The largest absolute Gasteiger partial charge is 0.478 e. The molecule has 6 nitrogen and oxygen atoms in total. The number of amides is 1. The van der Waals surface area contributed by atoms with Crippen molar-refractivity contribution in [3.8, 4) is 0 Å². The SMILES string of the molecule is CS(=O)(=O)CCC(=O)N1CCc2cc(C(=O)O)ccc21. The van der Waals surface area contributed by atoms with Gasteiger partial charge in [-0.3, -0.25) is 4.79 Å². The van der Waals surface area contributed by atoms with Crippen molar-refractivity contribution >= 4 is 27.4 Å². The van der Waals surface area contributed by atoms with Crippen LogP contribution in [0.3, 0.4) is 0 Å². The van der Waals surface area contributed by atoms with Gasteiger partial charge in [-0.2, -0.15) is 0 Å². The number of hydrogen-bond acceptors (Lipinski definition) is 4. The summed E-state index contributed by atoms with van der Waals surface area (Å²) in [7, 11) is -3.17. The van der Waals surface area contributed by atoms with Crippen LogP contribution in [0, 0.1) is 0 Å². The number of hydrogen-bond donors (Lipinski definition) is 1. The Balaban J connectivity index is 2.16. The normalized spacial score (nSPS) is 14.2. The van der Waals surface area contributed by atoms with Gasteiger partial charge in [0.15, 0.2) is 0 Å². The molecule has 108 valence electrons. The highest BCUT2D eigenvalue weighted by molar-refractivity contribution is 7.90. The lowest BCUT2D eigenvalue weighted by molar-refractivity contribution is -0.118. The molecule has 1 N–H and O–H groups in total. The number of carboxylic acid groups (broad SMARTS) is 1. The second-order valence-corrected chi connectivity index (χ2v) is 7.08. The van der Waals surface area contributed by atoms with E-state index in [9.17, 15) is 18.0 Å². The molecule has 1 heterocycles. The fourth-order valence-corrected chi connectivity index (χ4v) is 2.75. The van der Waals surface area contributed by atoms with Gasteiger partial charge < -0.3 is 10.0 Å². The summed E-state index contributed by atoms with van der Waals surface area (Å²) in [4.78, 5) is 24.4. The zero-order valence-electron chi connectivity index (χ0n) is 11.0. The number of carbonyl (C=O) groups is 2. The minimum atomic E-state index is -3.17. The topological polar surface area (TPSA) is 91.8 Å². The van der Waals surface area contributed by atoms with Gasteiger partial charge in [-0.05, 0) is 30.2 Å². The van der Waals surface area contributed by atoms with Crippen molar-refractivity contribution in [3.63, 3.8) is 0 Å². The number of carbonyl (C=O) groups excluding carboxylic acids is 1. The van der Waals surface area contributed by atoms with Crippen LogP contribution in [0.4, 0.5) is 5.69 Å². The molecule has 0 saturated heterocycles. The van der Waals surface area contributed by atoms with Crippen LogP contribution in [-0.4, -0.2) is 44.0 Å². The third-order valence-corrected chi connectivity index (χ3v) is 4.16. The summed E-state index contributed by atoms with van der Waals surface area (Å²) in [5.41, 5.74) is 1.67. The van der Waals surface area contributed by atoms with Gasteiger partial charge in [0.05, 0.1) is 11.3 Å². The molecule has 0 fully saturated rings. The van der Waals surface area contributed by atoms with Crippen LogP contribution in [0.2, 0.25) is 0 Å². The molecule has 1 aromatic carbocycles. The minimum Gasteiger partial charge on any atom is -0.478 e. The summed E-state index contributed by atoms with van der Waals surface area (Å²) in [6.45, 7) is 0.459. The molecule has 0 unspecified atom stereocenters. The summed E-state index contributed by atoms with van der Waals surface area (Å²) in [5, 5.41) is 8.92. The molecule has 7 heteroatoms. The summed E-state index contributed by atoms with van der Waals surface area (Å²) in [5.74, 6) is -1.43. The molecule has 0 aliphatic carbocycles.